The highest BCUT2D eigenvalue weighted by Gasteiger charge is 2.26. The Labute approximate surface area is 108 Å². The molecule has 2 N–H and O–H groups in total. The molecule has 1 aliphatic rings. The average molecular weight is 251 g/mol. The van der Waals surface area contributed by atoms with Crippen molar-refractivity contribution in [3.63, 3.8) is 0 Å². The first-order chi connectivity index (χ1) is 8.83. The molecule has 0 aromatic carbocycles. The molecule has 5 heteroatoms. The van der Waals surface area contributed by atoms with Crippen LogP contribution >= 0.6 is 0 Å². The molecule has 0 saturated heterocycles. The van der Waals surface area contributed by atoms with Gasteiger partial charge in [0.1, 0.15) is 12.1 Å². The minimum atomic E-state index is 0.292. The Kier molecular flexibility index (Phi) is 4.75. The maximum absolute atomic E-state index is 9.27. The fraction of sp³-hybridized carbons (Fsp3) is 0.692. The molecular weight excluding hydrogens is 230 g/mol. The molecule has 1 heterocycles. The standard InChI is InChI=1S/C13H21N3O2/c1-2-18-13-6-12(15-9-16-13)14-7-10-4-3-5-11(10)8-17/h6,9-11,17H,2-5,7-8H2,1H3,(H,14,15,16). The molecule has 0 radical (unpaired) electrons. The van der Waals surface area contributed by atoms with Crippen LogP contribution in [0, 0.1) is 11.8 Å². The van der Waals surface area contributed by atoms with E-state index in [9.17, 15) is 5.11 Å². The molecule has 100 valence electrons. The van der Waals surface area contributed by atoms with E-state index in [1.54, 1.807) is 0 Å². The van der Waals surface area contributed by atoms with Gasteiger partial charge in [0.2, 0.25) is 5.88 Å². The monoisotopic (exact) mass is 251 g/mol. The van der Waals surface area contributed by atoms with Crippen LogP contribution in [-0.4, -0.2) is 34.8 Å². The van der Waals surface area contributed by atoms with Gasteiger partial charge in [-0.15, -0.1) is 0 Å². The topological polar surface area (TPSA) is 67.3 Å². The summed E-state index contributed by atoms with van der Waals surface area (Å²) in [7, 11) is 0. The highest BCUT2D eigenvalue weighted by molar-refractivity contribution is 5.37. The SMILES string of the molecule is CCOc1cc(NCC2CCCC2CO)ncn1. The zero-order chi connectivity index (χ0) is 12.8. The molecule has 1 aromatic heterocycles. The molecule has 1 aromatic rings. The minimum absolute atomic E-state index is 0.292. The first-order valence-electron chi connectivity index (χ1n) is 6.63. The Balaban J connectivity index is 1.87. The smallest absolute Gasteiger partial charge is 0.218 e. The van der Waals surface area contributed by atoms with E-state index in [1.807, 2.05) is 13.0 Å². The molecule has 18 heavy (non-hydrogen) atoms. The van der Waals surface area contributed by atoms with E-state index in [0.717, 1.165) is 18.8 Å². The highest BCUT2D eigenvalue weighted by atomic mass is 16.5. The van der Waals surface area contributed by atoms with Gasteiger partial charge >= 0.3 is 0 Å². The van der Waals surface area contributed by atoms with E-state index in [4.69, 9.17) is 4.74 Å². The molecule has 2 unspecified atom stereocenters. The number of aliphatic hydroxyl groups is 1. The number of nitrogens with zero attached hydrogens (tertiary/aromatic N) is 2. The van der Waals surface area contributed by atoms with Crippen molar-refractivity contribution in [1.82, 2.24) is 9.97 Å². The molecule has 1 aliphatic carbocycles. The van der Waals surface area contributed by atoms with Gasteiger partial charge in [-0.1, -0.05) is 6.42 Å². The number of hydrogen-bond acceptors (Lipinski definition) is 5. The first-order valence-corrected chi connectivity index (χ1v) is 6.63. The van der Waals surface area contributed by atoms with Gasteiger partial charge < -0.3 is 15.2 Å². The van der Waals surface area contributed by atoms with Crippen LogP contribution in [0.1, 0.15) is 26.2 Å². The van der Waals surface area contributed by atoms with Crippen molar-refractivity contribution < 1.29 is 9.84 Å². The van der Waals surface area contributed by atoms with E-state index in [2.05, 4.69) is 15.3 Å². The van der Waals surface area contributed by atoms with E-state index >= 15 is 0 Å². The number of aromatic nitrogens is 2. The predicted molar refractivity (Wildman–Crippen MR) is 69.6 cm³/mol. The van der Waals surface area contributed by atoms with E-state index in [0.29, 0.717) is 30.9 Å². The van der Waals surface area contributed by atoms with Gasteiger partial charge in [0.25, 0.3) is 0 Å². The van der Waals surface area contributed by atoms with Crippen molar-refractivity contribution in [2.24, 2.45) is 11.8 Å². The Morgan fingerprint density at radius 2 is 2.22 bits per heavy atom. The van der Waals surface area contributed by atoms with Crippen LogP contribution in [0.5, 0.6) is 5.88 Å². The number of ether oxygens (including phenoxy) is 1. The largest absolute Gasteiger partial charge is 0.478 e. The molecule has 0 aliphatic heterocycles. The molecule has 5 nitrogen and oxygen atoms in total. The van der Waals surface area contributed by atoms with Gasteiger partial charge in [0.05, 0.1) is 6.61 Å². The summed E-state index contributed by atoms with van der Waals surface area (Å²) in [6.45, 7) is 3.68. The van der Waals surface area contributed by atoms with Crippen LogP contribution in [-0.2, 0) is 0 Å². The third-order valence-electron chi connectivity index (χ3n) is 3.53. The highest BCUT2D eigenvalue weighted by Crippen LogP contribution is 2.31. The fourth-order valence-electron chi connectivity index (χ4n) is 2.52. The Hall–Kier alpha value is -1.36. The molecule has 1 fully saturated rings. The van der Waals surface area contributed by atoms with Crippen molar-refractivity contribution in [2.75, 3.05) is 25.1 Å². The predicted octanol–water partition coefficient (Wildman–Crippen LogP) is 1.70. The van der Waals surface area contributed by atoms with E-state index in [-0.39, 0.29) is 0 Å². The number of nitrogens with one attached hydrogen (secondary N) is 1. The van der Waals surface area contributed by atoms with Gasteiger partial charge in [0, 0.05) is 19.2 Å². The Morgan fingerprint density at radius 1 is 1.39 bits per heavy atom. The van der Waals surface area contributed by atoms with Crippen molar-refractivity contribution in [3.05, 3.63) is 12.4 Å². The lowest BCUT2D eigenvalue weighted by atomic mass is 9.97. The summed E-state index contributed by atoms with van der Waals surface area (Å²) in [5, 5.41) is 12.6. The Bertz CT molecular complexity index is 373. The fourth-order valence-corrected chi connectivity index (χ4v) is 2.52. The Morgan fingerprint density at radius 3 is 3.00 bits per heavy atom. The quantitative estimate of drug-likeness (QED) is 0.805. The normalized spacial score (nSPS) is 23.0. The molecule has 0 spiro atoms. The minimum Gasteiger partial charge on any atom is -0.478 e. The van der Waals surface area contributed by atoms with E-state index < -0.39 is 0 Å². The van der Waals surface area contributed by atoms with Crippen LogP contribution in [0.4, 0.5) is 5.82 Å². The van der Waals surface area contributed by atoms with Crippen LogP contribution in [0.25, 0.3) is 0 Å². The van der Waals surface area contributed by atoms with E-state index in [1.165, 1.54) is 19.2 Å². The van der Waals surface area contributed by atoms with Gasteiger partial charge in [-0.25, -0.2) is 9.97 Å². The maximum Gasteiger partial charge on any atom is 0.218 e. The summed E-state index contributed by atoms with van der Waals surface area (Å²) in [6.07, 6.45) is 5.04. The van der Waals surface area contributed by atoms with Crippen LogP contribution in [0.15, 0.2) is 12.4 Å². The first kappa shape index (κ1) is 13.1. The second-order valence-electron chi connectivity index (χ2n) is 4.69. The molecule has 0 amide bonds. The van der Waals surface area contributed by atoms with Crippen LogP contribution in [0.3, 0.4) is 0 Å². The van der Waals surface area contributed by atoms with Crippen molar-refractivity contribution in [3.8, 4) is 5.88 Å². The molecule has 2 rings (SSSR count). The van der Waals surface area contributed by atoms with Crippen molar-refractivity contribution in [2.45, 2.75) is 26.2 Å². The molecule has 1 saturated carbocycles. The van der Waals surface area contributed by atoms with Crippen molar-refractivity contribution in [1.29, 1.82) is 0 Å². The molecular formula is C13H21N3O2. The second-order valence-corrected chi connectivity index (χ2v) is 4.69. The molecule has 0 bridgehead atoms. The number of rotatable bonds is 6. The third kappa shape index (κ3) is 3.32. The maximum atomic E-state index is 9.27. The number of anilines is 1. The summed E-state index contributed by atoms with van der Waals surface area (Å²) >= 11 is 0. The average Bonchev–Trinajstić information content (AvgIpc) is 2.84. The third-order valence-corrected chi connectivity index (χ3v) is 3.53. The van der Waals surface area contributed by atoms with Crippen molar-refractivity contribution >= 4 is 5.82 Å². The van der Waals surface area contributed by atoms with Gasteiger partial charge in [-0.3, -0.25) is 0 Å². The summed E-state index contributed by atoms with van der Waals surface area (Å²) in [4.78, 5) is 8.20. The second kappa shape index (κ2) is 6.54. The zero-order valence-electron chi connectivity index (χ0n) is 10.8. The van der Waals surface area contributed by atoms with Gasteiger partial charge in [0.15, 0.2) is 0 Å². The summed E-state index contributed by atoms with van der Waals surface area (Å²) in [5.74, 6) is 2.36. The van der Waals surface area contributed by atoms with Crippen LogP contribution < -0.4 is 10.1 Å². The lowest BCUT2D eigenvalue weighted by Crippen LogP contribution is -2.21. The zero-order valence-corrected chi connectivity index (χ0v) is 10.8. The van der Waals surface area contributed by atoms with Crippen LogP contribution in [0.2, 0.25) is 0 Å². The summed E-state index contributed by atoms with van der Waals surface area (Å²) in [6, 6.07) is 1.81. The number of aliphatic hydroxyl groups excluding tert-OH is 1. The number of hydrogen-bond donors (Lipinski definition) is 2. The lowest BCUT2D eigenvalue weighted by molar-refractivity contribution is 0.199. The molecule has 2 atom stereocenters. The van der Waals surface area contributed by atoms with Gasteiger partial charge in [-0.05, 0) is 31.6 Å². The summed E-state index contributed by atoms with van der Waals surface area (Å²) < 4.78 is 5.33. The van der Waals surface area contributed by atoms with Gasteiger partial charge in [-0.2, -0.15) is 0 Å². The lowest BCUT2D eigenvalue weighted by Gasteiger charge is -2.18. The summed E-state index contributed by atoms with van der Waals surface area (Å²) in [5.41, 5.74) is 0.